The molecule has 0 atom stereocenters. The lowest BCUT2D eigenvalue weighted by Crippen LogP contribution is -2.39. The van der Waals surface area contributed by atoms with Crippen LogP contribution in [0.4, 0.5) is 32.0 Å². The number of nitrogens with one attached hydrogen (secondary N) is 1. The Kier molecular flexibility index (Phi) is 14.0. The van der Waals surface area contributed by atoms with Crippen molar-refractivity contribution in [1.29, 1.82) is 0 Å². The Morgan fingerprint density at radius 2 is 1.65 bits per heavy atom. The molecule has 0 fully saturated rings. The fraction of sp³-hybridized carbons (Fsp3) is 0.417. The van der Waals surface area contributed by atoms with Crippen LogP contribution in [-0.2, 0) is 9.59 Å². The van der Waals surface area contributed by atoms with E-state index in [0.717, 1.165) is 10.6 Å². The molecule has 222 valence electrons. The molecule has 0 aliphatic rings. The molecule has 0 spiro atoms. The maximum Gasteiger partial charge on any atom is 0.490 e. The molecule has 0 saturated heterocycles. The normalized spacial score (nSPS) is 11.2. The second-order valence-corrected chi connectivity index (χ2v) is 8.54. The van der Waals surface area contributed by atoms with Crippen molar-refractivity contribution in [2.24, 2.45) is 5.73 Å². The van der Waals surface area contributed by atoms with Gasteiger partial charge < -0.3 is 25.8 Å². The minimum absolute atomic E-state index is 0.000906. The molecule has 9 nitrogen and oxygen atoms in total. The number of pyridine rings is 1. The molecule has 4 N–H and O–H groups in total. The van der Waals surface area contributed by atoms with E-state index in [2.05, 4.69) is 10.3 Å². The Morgan fingerprint density at radius 3 is 2.20 bits per heavy atom. The molecule has 40 heavy (non-hydrogen) atoms. The van der Waals surface area contributed by atoms with Gasteiger partial charge in [0.15, 0.2) is 0 Å². The first-order valence-electron chi connectivity index (χ1n) is 11.6. The molecule has 0 saturated carbocycles. The fourth-order valence-electron chi connectivity index (χ4n) is 3.03. The molecule has 1 heterocycles. The second kappa shape index (κ2) is 16.4. The first kappa shape index (κ1) is 34.3. The number of primary amides is 1. The number of carbonyl (C=O) groups excluding carboxylic acids is 2. The van der Waals surface area contributed by atoms with Gasteiger partial charge in [-0.2, -0.15) is 26.3 Å². The molecule has 1 aromatic heterocycles. The van der Waals surface area contributed by atoms with Gasteiger partial charge in [0.05, 0.1) is 0 Å². The van der Waals surface area contributed by atoms with Crippen molar-refractivity contribution >= 4 is 35.1 Å². The number of amides is 2. The molecule has 1 aromatic carbocycles. The number of alkyl halides is 6. The summed E-state index contributed by atoms with van der Waals surface area (Å²) in [5.41, 5.74) is 5.92. The van der Waals surface area contributed by atoms with E-state index in [-0.39, 0.29) is 35.9 Å². The molecule has 2 amide bonds. The van der Waals surface area contributed by atoms with Gasteiger partial charge in [-0.3, -0.25) is 14.6 Å². The van der Waals surface area contributed by atoms with E-state index in [1.807, 2.05) is 0 Å². The summed E-state index contributed by atoms with van der Waals surface area (Å²) in [6, 6.07) is 7.75. The number of carboxylic acid groups (broad SMARTS) is 1. The van der Waals surface area contributed by atoms with E-state index in [0.29, 0.717) is 25.8 Å². The Balaban J connectivity index is 0.00000101. The highest BCUT2D eigenvalue weighted by molar-refractivity contribution is 6.31. The van der Waals surface area contributed by atoms with Crippen LogP contribution in [0.5, 0.6) is 5.75 Å². The van der Waals surface area contributed by atoms with Crippen LogP contribution < -0.4 is 15.8 Å². The number of hydrogen-bond donors (Lipinski definition) is 3. The Bertz CT molecular complexity index is 1100. The number of aromatic nitrogens is 1. The lowest BCUT2D eigenvalue weighted by Gasteiger charge is -2.24. The summed E-state index contributed by atoms with van der Waals surface area (Å²) in [6.07, 6.45) is -4.98. The Hall–Kier alpha value is -3.75. The number of nitrogens with two attached hydrogens (primary N) is 1. The zero-order chi connectivity index (χ0) is 30.3. The largest absolute Gasteiger partial charge is 0.492 e. The molecule has 0 bridgehead atoms. The number of rotatable bonds is 13. The van der Waals surface area contributed by atoms with Gasteiger partial charge >= 0.3 is 18.3 Å². The number of benzene rings is 1. The van der Waals surface area contributed by atoms with Crippen molar-refractivity contribution in [3.63, 3.8) is 0 Å². The summed E-state index contributed by atoms with van der Waals surface area (Å²) in [4.78, 5) is 37.2. The van der Waals surface area contributed by atoms with E-state index in [9.17, 15) is 35.9 Å². The van der Waals surface area contributed by atoms with E-state index in [4.69, 9.17) is 32.0 Å². The van der Waals surface area contributed by atoms with Gasteiger partial charge in [0.2, 0.25) is 5.91 Å². The molecule has 0 radical (unpaired) electrons. The van der Waals surface area contributed by atoms with Gasteiger partial charge in [-0.25, -0.2) is 4.79 Å². The standard InChI is InChI=1S/C22H26ClF3N4O3.C2HF3O2/c23-17-12-16(13-19(14-17)33-11-9-29-18-5-7-28-8-6-18)21(32)30(15-22(24,25)26)10-3-1-2-4-20(27)31;3-2(4,5)1(6)7/h5-8,12-14H,1-4,9-11,15H2,(H2,27,31)(H,28,29);(H,6,7). The monoisotopic (exact) mass is 600 g/mol. The van der Waals surface area contributed by atoms with E-state index in [1.165, 1.54) is 18.2 Å². The first-order valence-corrected chi connectivity index (χ1v) is 12.0. The zero-order valence-corrected chi connectivity index (χ0v) is 21.7. The third kappa shape index (κ3) is 15.0. The van der Waals surface area contributed by atoms with Crippen molar-refractivity contribution in [1.82, 2.24) is 9.88 Å². The minimum atomic E-state index is -5.08. The van der Waals surface area contributed by atoms with Crippen LogP contribution in [0.1, 0.15) is 36.0 Å². The Morgan fingerprint density at radius 1 is 1.02 bits per heavy atom. The molecule has 0 aliphatic heterocycles. The molecule has 2 aromatic rings. The van der Waals surface area contributed by atoms with Crippen LogP contribution in [0, 0.1) is 0 Å². The second-order valence-electron chi connectivity index (χ2n) is 8.11. The number of aliphatic carboxylic acids is 1. The number of anilines is 1. The number of carbonyl (C=O) groups is 3. The maximum absolute atomic E-state index is 13.1. The number of hydrogen-bond acceptors (Lipinski definition) is 6. The van der Waals surface area contributed by atoms with Crippen molar-refractivity contribution in [3.05, 3.63) is 53.3 Å². The van der Waals surface area contributed by atoms with Crippen molar-refractivity contribution in [2.75, 3.05) is 31.6 Å². The van der Waals surface area contributed by atoms with Gasteiger partial charge in [0, 0.05) is 48.2 Å². The smallest absolute Gasteiger partial charge is 0.490 e. The fourth-order valence-corrected chi connectivity index (χ4v) is 3.26. The molecule has 16 heteroatoms. The maximum atomic E-state index is 13.1. The zero-order valence-electron chi connectivity index (χ0n) is 20.9. The Labute approximate surface area is 230 Å². The predicted molar refractivity (Wildman–Crippen MR) is 133 cm³/mol. The molecule has 0 aliphatic carbocycles. The number of unbranched alkanes of at least 4 members (excludes halogenated alkanes) is 2. The van der Waals surface area contributed by atoms with Crippen molar-refractivity contribution in [2.45, 2.75) is 38.0 Å². The molecule has 2 rings (SSSR count). The summed E-state index contributed by atoms with van der Waals surface area (Å²) < 4.78 is 76.5. The highest BCUT2D eigenvalue weighted by Crippen LogP contribution is 2.24. The van der Waals surface area contributed by atoms with Gasteiger partial charge in [-0.05, 0) is 43.2 Å². The number of ether oxygens (including phenoxy) is 1. The lowest BCUT2D eigenvalue weighted by molar-refractivity contribution is -0.192. The van der Waals surface area contributed by atoms with Gasteiger partial charge in [-0.1, -0.05) is 18.0 Å². The molecule has 0 unspecified atom stereocenters. The van der Waals surface area contributed by atoms with Crippen LogP contribution in [-0.4, -0.2) is 71.4 Å². The minimum Gasteiger partial charge on any atom is -0.492 e. The van der Waals surface area contributed by atoms with Crippen LogP contribution in [0.3, 0.4) is 0 Å². The van der Waals surface area contributed by atoms with Crippen LogP contribution >= 0.6 is 11.6 Å². The molecular weight excluding hydrogens is 574 g/mol. The van der Waals surface area contributed by atoms with Crippen LogP contribution in [0.25, 0.3) is 0 Å². The summed E-state index contributed by atoms with van der Waals surface area (Å²) in [5, 5.41) is 10.4. The average Bonchev–Trinajstić information content (AvgIpc) is 2.84. The number of nitrogens with zero attached hydrogens (tertiary/aromatic N) is 2. The summed E-state index contributed by atoms with van der Waals surface area (Å²) in [6.45, 7) is -0.816. The van der Waals surface area contributed by atoms with Crippen molar-refractivity contribution < 1.29 is 50.6 Å². The summed E-state index contributed by atoms with van der Waals surface area (Å²) >= 11 is 6.08. The van der Waals surface area contributed by atoms with Gasteiger partial charge in [0.25, 0.3) is 5.91 Å². The molecular formula is C24H27ClF6N4O5. The highest BCUT2D eigenvalue weighted by atomic mass is 35.5. The van der Waals surface area contributed by atoms with Gasteiger partial charge in [-0.15, -0.1) is 0 Å². The van der Waals surface area contributed by atoms with Gasteiger partial charge in [0.1, 0.15) is 18.9 Å². The summed E-state index contributed by atoms with van der Waals surface area (Å²) in [7, 11) is 0. The summed E-state index contributed by atoms with van der Waals surface area (Å²) in [5.74, 6) is -3.76. The lowest BCUT2D eigenvalue weighted by atomic mass is 10.1. The van der Waals surface area contributed by atoms with Crippen LogP contribution in [0.15, 0.2) is 42.7 Å². The van der Waals surface area contributed by atoms with E-state index < -0.39 is 36.7 Å². The quantitative estimate of drug-likeness (QED) is 0.220. The first-order chi connectivity index (χ1) is 18.6. The number of carboxylic acids is 1. The third-order valence-corrected chi connectivity index (χ3v) is 4.97. The predicted octanol–water partition coefficient (Wildman–Crippen LogP) is 4.91. The van der Waals surface area contributed by atoms with Crippen molar-refractivity contribution in [3.8, 4) is 5.75 Å². The number of halogens is 7. The van der Waals surface area contributed by atoms with E-state index in [1.54, 1.807) is 24.5 Å². The van der Waals surface area contributed by atoms with E-state index >= 15 is 0 Å². The highest BCUT2D eigenvalue weighted by Gasteiger charge is 2.38. The average molecular weight is 601 g/mol. The van der Waals surface area contributed by atoms with Crippen LogP contribution in [0.2, 0.25) is 5.02 Å². The topological polar surface area (TPSA) is 135 Å². The SMILES string of the molecule is NC(=O)CCCCCN(CC(F)(F)F)C(=O)c1cc(Cl)cc(OCCNc2ccncc2)c1.O=C(O)C(F)(F)F. The third-order valence-electron chi connectivity index (χ3n) is 4.75.